The number of rotatable bonds is 0. The zero-order valence-corrected chi connectivity index (χ0v) is 4.83. The van der Waals surface area contributed by atoms with Crippen LogP contribution in [0, 0.1) is 0 Å². The molecule has 0 aromatic carbocycles. The molecule has 8 heavy (non-hydrogen) atoms. The first-order chi connectivity index (χ1) is 3.89. The van der Waals surface area contributed by atoms with Gasteiger partial charge in [0.2, 0.25) is 0 Å². The lowest BCUT2D eigenvalue weighted by atomic mass is 10.3. The van der Waals surface area contributed by atoms with E-state index in [0.717, 1.165) is 12.1 Å². The van der Waals surface area contributed by atoms with Gasteiger partial charge in [0.05, 0.1) is 0 Å². The van der Waals surface area contributed by atoms with Crippen LogP contribution in [0.25, 0.3) is 0 Å². The van der Waals surface area contributed by atoms with E-state index in [1.165, 1.54) is 0 Å². The molecule has 42 valence electrons. The quantitative estimate of drug-likeness (QED) is 0.448. The van der Waals surface area contributed by atoms with Crippen LogP contribution < -0.4 is 0 Å². The van der Waals surface area contributed by atoms with Crippen molar-refractivity contribution in [3.05, 3.63) is 12.3 Å². The molecular formula is C6H8N2. The molecular weight excluding hydrogens is 100 g/mol. The fourth-order valence-corrected chi connectivity index (χ4v) is 0.507. The molecule has 0 aliphatic carbocycles. The van der Waals surface area contributed by atoms with Gasteiger partial charge in [0.25, 0.3) is 0 Å². The summed E-state index contributed by atoms with van der Waals surface area (Å²) >= 11 is 0. The lowest BCUT2D eigenvalue weighted by molar-refractivity contribution is 1.43. The second-order valence-electron chi connectivity index (χ2n) is 1.72. The third-order valence-corrected chi connectivity index (χ3v) is 0.950. The van der Waals surface area contributed by atoms with E-state index >= 15 is 0 Å². The first-order valence-electron chi connectivity index (χ1n) is 2.59. The Bertz CT molecular complexity index is 154. The average Bonchev–Trinajstić information content (AvgIpc) is 1.94. The van der Waals surface area contributed by atoms with Gasteiger partial charge >= 0.3 is 0 Å². The van der Waals surface area contributed by atoms with E-state index in [2.05, 4.69) is 9.98 Å². The van der Waals surface area contributed by atoms with Gasteiger partial charge in [-0.3, -0.25) is 0 Å². The summed E-state index contributed by atoms with van der Waals surface area (Å²) in [5.41, 5.74) is 1.11. The fraction of sp³-hybridized carbons (Fsp3) is 0.333. The van der Waals surface area contributed by atoms with Gasteiger partial charge in [-0.2, -0.15) is 0 Å². The van der Waals surface area contributed by atoms with Crippen molar-refractivity contribution >= 4 is 12.1 Å². The molecule has 0 bridgehead atoms. The number of allylic oxidation sites excluding steroid dienone is 1. The maximum Gasteiger partial charge on any atom is 0.115 e. The standard InChI is InChI=1S/C6H8N2/c1-6-3-2-4-7-5-8-6/h2,4-5H,3H2,1H3. The Labute approximate surface area is 48.7 Å². The van der Waals surface area contributed by atoms with E-state index in [-0.39, 0.29) is 0 Å². The van der Waals surface area contributed by atoms with Crippen molar-refractivity contribution in [1.82, 2.24) is 0 Å². The Morgan fingerprint density at radius 1 is 1.62 bits per heavy atom. The summed E-state index contributed by atoms with van der Waals surface area (Å²) in [7, 11) is 0. The summed E-state index contributed by atoms with van der Waals surface area (Å²) < 4.78 is 0. The van der Waals surface area contributed by atoms with Crippen LogP contribution in [-0.4, -0.2) is 12.1 Å². The normalized spacial score (nSPS) is 17.9. The van der Waals surface area contributed by atoms with Crippen molar-refractivity contribution in [2.24, 2.45) is 9.98 Å². The maximum atomic E-state index is 3.99. The molecule has 0 amide bonds. The number of aliphatic imine (C=N–C) groups is 2. The fourth-order valence-electron chi connectivity index (χ4n) is 0.507. The van der Waals surface area contributed by atoms with Gasteiger partial charge in [0, 0.05) is 18.3 Å². The third kappa shape index (κ3) is 1.30. The molecule has 0 spiro atoms. The summed E-state index contributed by atoms with van der Waals surface area (Å²) in [5, 5.41) is 0. The van der Waals surface area contributed by atoms with Gasteiger partial charge in [0.1, 0.15) is 6.34 Å². The van der Waals surface area contributed by atoms with E-state index in [1.807, 2.05) is 13.0 Å². The smallest absolute Gasteiger partial charge is 0.115 e. The van der Waals surface area contributed by atoms with Gasteiger partial charge in [-0.1, -0.05) is 6.08 Å². The molecule has 0 atom stereocenters. The van der Waals surface area contributed by atoms with E-state index in [4.69, 9.17) is 0 Å². The predicted octanol–water partition coefficient (Wildman–Crippen LogP) is 1.39. The average molecular weight is 108 g/mol. The highest BCUT2D eigenvalue weighted by atomic mass is 14.8. The van der Waals surface area contributed by atoms with E-state index in [9.17, 15) is 0 Å². The van der Waals surface area contributed by atoms with Gasteiger partial charge in [-0.15, -0.1) is 0 Å². The number of hydrogen-bond donors (Lipinski definition) is 0. The van der Waals surface area contributed by atoms with Gasteiger partial charge < -0.3 is 0 Å². The molecule has 0 aromatic rings. The van der Waals surface area contributed by atoms with Crippen molar-refractivity contribution in [1.29, 1.82) is 0 Å². The topological polar surface area (TPSA) is 24.7 Å². The van der Waals surface area contributed by atoms with Crippen molar-refractivity contribution in [2.45, 2.75) is 13.3 Å². The van der Waals surface area contributed by atoms with Crippen molar-refractivity contribution in [2.75, 3.05) is 0 Å². The first kappa shape index (κ1) is 5.22. The number of hydrogen-bond acceptors (Lipinski definition) is 2. The lowest BCUT2D eigenvalue weighted by Crippen LogP contribution is -1.85. The molecule has 0 N–H and O–H groups in total. The second kappa shape index (κ2) is 2.40. The van der Waals surface area contributed by atoms with Crippen LogP contribution >= 0.6 is 0 Å². The molecule has 1 aliphatic heterocycles. The second-order valence-corrected chi connectivity index (χ2v) is 1.72. The molecule has 0 aromatic heterocycles. The van der Waals surface area contributed by atoms with Crippen LogP contribution in [0.4, 0.5) is 0 Å². The minimum absolute atomic E-state index is 0.931. The van der Waals surface area contributed by atoms with Crippen LogP contribution in [0.1, 0.15) is 13.3 Å². The van der Waals surface area contributed by atoms with Crippen LogP contribution in [-0.2, 0) is 0 Å². The highest BCUT2D eigenvalue weighted by molar-refractivity contribution is 5.90. The lowest BCUT2D eigenvalue weighted by Gasteiger charge is -1.84. The molecule has 1 rings (SSSR count). The first-order valence-corrected chi connectivity index (χ1v) is 2.59. The van der Waals surface area contributed by atoms with Crippen LogP contribution in [0.5, 0.6) is 0 Å². The molecule has 0 radical (unpaired) electrons. The summed E-state index contributed by atoms with van der Waals surface area (Å²) in [5.74, 6) is 0. The largest absolute Gasteiger partial charge is 0.246 e. The minimum Gasteiger partial charge on any atom is -0.246 e. The third-order valence-electron chi connectivity index (χ3n) is 0.950. The molecule has 1 heterocycles. The Balaban J connectivity index is 2.69. The Kier molecular flexibility index (Phi) is 1.57. The summed E-state index contributed by atoms with van der Waals surface area (Å²) in [6.45, 7) is 1.99. The van der Waals surface area contributed by atoms with E-state index in [1.54, 1.807) is 12.5 Å². The van der Waals surface area contributed by atoms with Crippen molar-refractivity contribution in [3.8, 4) is 0 Å². The number of nitrogens with zero attached hydrogens (tertiary/aromatic N) is 2. The maximum absolute atomic E-state index is 3.99. The Morgan fingerprint density at radius 2 is 2.50 bits per heavy atom. The van der Waals surface area contributed by atoms with E-state index in [0.29, 0.717) is 0 Å². The van der Waals surface area contributed by atoms with Crippen molar-refractivity contribution < 1.29 is 0 Å². The molecule has 0 saturated heterocycles. The van der Waals surface area contributed by atoms with Gasteiger partial charge in [-0.25, -0.2) is 9.98 Å². The molecule has 0 fully saturated rings. The monoisotopic (exact) mass is 108 g/mol. The Hall–Kier alpha value is -0.920. The van der Waals surface area contributed by atoms with Crippen LogP contribution in [0.2, 0.25) is 0 Å². The van der Waals surface area contributed by atoms with Crippen LogP contribution in [0.15, 0.2) is 22.3 Å². The molecule has 1 aliphatic rings. The minimum atomic E-state index is 0.931. The molecule has 0 saturated carbocycles. The summed E-state index contributed by atoms with van der Waals surface area (Å²) in [6, 6.07) is 0. The SMILES string of the molecule is CC1=NC=NC=CC1. The van der Waals surface area contributed by atoms with Crippen molar-refractivity contribution in [3.63, 3.8) is 0 Å². The van der Waals surface area contributed by atoms with E-state index < -0.39 is 0 Å². The highest BCUT2D eigenvalue weighted by Gasteiger charge is 1.85. The van der Waals surface area contributed by atoms with Gasteiger partial charge in [-0.05, 0) is 6.92 Å². The molecule has 2 heteroatoms. The van der Waals surface area contributed by atoms with Crippen LogP contribution in [0.3, 0.4) is 0 Å². The highest BCUT2D eigenvalue weighted by Crippen LogP contribution is 1.91. The van der Waals surface area contributed by atoms with Gasteiger partial charge in [0.15, 0.2) is 0 Å². The zero-order valence-electron chi connectivity index (χ0n) is 4.83. The summed E-state index contributed by atoms with van der Waals surface area (Å²) in [6.07, 6.45) is 6.25. The zero-order chi connectivity index (χ0) is 5.82. The summed E-state index contributed by atoms with van der Waals surface area (Å²) in [4.78, 5) is 7.81. The molecule has 0 unspecified atom stereocenters. The molecule has 2 nitrogen and oxygen atoms in total. The predicted molar refractivity (Wildman–Crippen MR) is 35.4 cm³/mol. The Morgan fingerprint density at radius 3 is 3.38 bits per heavy atom.